The molecule has 0 radical (unpaired) electrons. The van der Waals surface area contributed by atoms with Gasteiger partial charge in [-0.15, -0.1) is 23.1 Å². The van der Waals surface area contributed by atoms with Crippen molar-refractivity contribution in [1.29, 1.82) is 0 Å². The molecule has 2 aromatic carbocycles. The van der Waals surface area contributed by atoms with Crippen LogP contribution in [-0.4, -0.2) is 17.1 Å². The van der Waals surface area contributed by atoms with Gasteiger partial charge in [-0.3, -0.25) is 4.79 Å². The Morgan fingerprint density at radius 3 is 2.89 bits per heavy atom. The van der Waals surface area contributed by atoms with Crippen LogP contribution in [0.4, 0.5) is 5.69 Å². The van der Waals surface area contributed by atoms with Crippen LogP contribution in [0.1, 0.15) is 16.3 Å². The molecule has 3 rings (SSSR count). The number of para-hydroxylation sites is 1. The summed E-state index contributed by atoms with van der Waals surface area (Å²) >= 11 is 3.21. The third-order valence-electron chi connectivity index (χ3n) is 3.70. The van der Waals surface area contributed by atoms with Crippen LogP contribution in [-0.2, 0) is 11.4 Å². The lowest BCUT2D eigenvalue weighted by Crippen LogP contribution is -2.08. The van der Waals surface area contributed by atoms with E-state index >= 15 is 0 Å². The number of hydrogen-bond acceptors (Lipinski definition) is 5. The highest BCUT2D eigenvalue weighted by atomic mass is 32.2. The van der Waals surface area contributed by atoms with Gasteiger partial charge in [-0.2, -0.15) is 0 Å². The minimum Gasteiger partial charge on any atom is -0.487 e. The molecule has 27 heavy (non-hydrogen) atoms. The molecule has 1 N–H and O–H groups in total. The van der Waals surface area contributed by atoms with Crippen LogP contribution in [0.25, 0.3) is 6.08 Å². The van der Waals surface area contributed by atoms with Crippen molar-refractivity contribution in [2.24, 2.45) is 0 Å². The average molecular weight is 397 g/mol. The van der Waals surface area contributed by atoms with Crippen LogP contribution < -0.4 is 10.1 Å². The van der Waals surface area contributed by atoms with Gasteiger partial charge in [0.2, 0.25) is 5.91 Å². The molecular weight excluding hydrogens is 376 g/mol. The topological polar surface area (TPSA) is 51.2 Å². The van der Waals surface area contributed by atoms with Crippen LogP contribution in [0.15, 0.2) is 64.9 Å². The van der Waals surface area contributed by atoms with Crippen LogP contribution >= 0.6 is 23.1 Å². The van der Waals surface area contributed by atoms with Crippen molar-refractivity contribution in [2.75, 3.05) is 11.6 Å². The summed E-state index contributed by atoms with van der Waals surface area (Å²) < 4.78 is 5.79. The van der Waals surface area contributed by atoms with E-state index in [4.69, 9.17) is 4.74 Å². The van der Waals surface area contributed by atoms with E-state index in [-0.39, 0.29) is 5.91 Å². The molecule has 0 atom stereocenters. The number of benzene rings is 2. The molecule has 0 bridgehead atoms. The number of aryl methyl sites for hydroxylation is 1. The van der Waals surface area contributed by atoms with Crippen LogP contribution in [0, 0.1) is 6.92 Å². The molecule has 0 aliphatic carbocycles. The number of aromatic nitrogens is 1. The zero-order valence-electron chi connectivity index (χ0n) is 15.1. The minimum absolute atomic E-state index is 0.166. The van der Waals surface area contributed by atoms with Crippen molar-refractivity contribution in [2.45, 2.75) is 18.4 Å². The smallest absolute Gasteiger partial charge is 0.248 e. The molecule has 3 aromatic rings. The Balaban J connectivity index is 1.60. The fourth-order valence-corrected chi connectivity index (χ4v) is 3.58. The number of ether oxygens (including phenoxy) is 1. The molecular formula is C21H20N2O2S2. The minimum atomic E-state index is -0.166. The molecule has 0 saturated carbocycles. The van der Waals surface area contributed by atoms with Gasteiger partial charge in [0.25, 0.3) is 0 Å². The Bertz CT molecular complexity index is 951. The predicted octanol–water partition coefficient (Wildman–Crippen LogP) is 5.40. The fraction of sp³-hybridized carbons (Fsp3) is 0.143. The van der Waals surface area contributed by atoms with Crippen LogP contribution in [0.5, 0.6) is 5.75 Å². The molecule has 0 aliphatic heterocycles. The zero-order chi connectivity index (χ0) is 19.1. The number of rotatable bonds is 7. The number of anilines is 1. The quantitative estimate of drug-likeness (QED) is 0.429. The van der Waals surface area contributed by atoms with Crippen molar-refractivity contribution in [3.8, 4) is 5.75 Å². The summed E-state index contributed by atoms with van der Waals surface area (Å²) in [5, 5.41) is 5.93. The average Bonchev–Trinajstić information content (AvgIpc) is 3.11. The van der Waals surface area contributed by atoms with Gasteiger partial charge < -0.3 is 10.1 Å². The highest BCUT2D eigenvalue weighted by Crippen LogP contribution is 2.24. The molecule has 0 unspecified atom stereocenters. The van der Waals surface area contributed by atoms with Crippen molar-refractivity contribution in [3.63, 3.8) is 0 Å². The lowest BCUT2D eigenvalue weighted by atomic mass is 10.2. The Morgan fingerprint density at radius 2 is 2.11 bits per heavy atom. The summed E-state index contributed by atoms with van der Waals surface area (Å²) in [6.45, 7) is 2.41. The Labute approximate surface area is 167 Å². The summed E-state index contributed by atoms with van der Waals surface area (Å²) in [5.41, 5.74) is 2.64. The van der Waals surface area contributed by atoms with Crippen LogP contribution in [0.2, 0.25) is 0 Å². The molecule has 0 aliphatic rings. The van der Waals surface area contributed by atoms with E-state index in [1.54, 1.807) is 29.2 Å². The van der Waals surface area contributed by atoms with Crippen molar-refractivity contribution in [3.05, 3.63) is 76.3 Å². The second-order valence-corrected chi connectivity index (χ2v) is 7.65. The molecule has 6 heteroatoms. The predicted molar refractivity (Wildman–Crippen MR) is 114 cm³/mol. The maximum absolute atomic E-state index is 12.2. The van der Waals surface area contributed by atoms with Gasteiger partial charge in [0.15, 0.2) is 0 Å². The van der Waals surface area contributed by atoms with Gasteiger partial charge >= 0.3 is 0 Å². The molecule has 1 aromatic heterocycles. The van der Waals surface area contributed by atoms with Gasteiger partial charge in [-0.1, -0.05) is 24.3 Å². The number of hydrogen-bond donors (Lipinski definition) is 1. The highest BCUT2D eigenvalue weighted by Gasteiger charge is 2.04. The first-order valence-corrected chi connectivity index (χ1v) is 10.5. The summed E-state index contributed by atoms with van der Waals surface area (Å²) in [4.78, 5) is 17.6. The summed E-state index contributed by atoms with van der Waals surface area (Å²) in [6.07, 6.45) is 5.29. The highest BCUT2D eigenvalue weighted by molar-refractivity contribution is 7.98. The number of amides is 1. The number of nitrogens with zero attached hydrogens (tertiary/aromatic N) is 1. The largest absolute Gasteiger partial charge is 0.487 e. The number of nitrogens with one attached hydrogen (secondary N) is 1. The summed E-state index contributed by atoms with van der Waals surface area (Å²) in [7, 11) is 0. The van der Waals surface area contributed by atoms with E-state index in [1.807, 2.05) is 67.1 Å². The Hall–Kier alpha value is -2.57. The Morgan fingerprint density at radius 1 is 1.26 bits per heavy atom. The van der Waals surface area contributed by atoms with Gasteiger partial charge in [0.1, 0.15) is 12.4 Å². The standard InChI is InChI=1S/C21H20N2O2S2/c1-15-22-17(14-27-15)13-25-18-7-5-6-16(12-18)10-11-21(24)23-19-8-3-4-9-20(19)26-2/h3-12,14H,13H2,1-2H3,(H,23,24)/b11-10+. The third kappa shape index (κ3) is 5.70. The number of thiazole rings is 1. The van der Waals surface area contributed by atoms with Gasteiger partial charge in [-0.05, 0) is 49.1 Å². The molecule has 138 valence electrons. The fourth-order valence-electron chi connectivity index (χ4n) is 2.43. The van der Waals surface area contributed by atoms with Crippen molar-refractivity contribution >= 4 is 40.8 Å². The van der Waals surface area contributed by atoms with Crippen LogP contribution in [0.3, 0.4) is 0 Å². The van der Waals surface area contributed by atoms with Gasteiger partial charge in [0, 0.05) is 16.4 Å². The van der Waals surface area contributed by atoms with E-state index in [2.05, 4.69) is 10.3 Å². The summed E-state index contributed by atoms with van der Waals surface area (Å²) in [6, 6.07) is 15.4. The SMILES string of the molecule is CSc1ccccc1NC(=O)/C=C/c1cccc(OCc2csc(C)n2)c1. The molecule has 0 spiro atoms. The number of carbonyl (C=O) groups excluding carboxylic acids is 1. The lowest BCUT2D eigenvalue weighted by molar-refractivity contribution is -0.111. The first-order valence-electron chi connectivity index (χ1n) is 8.40. The third-order valence-corrected chi connectivity index (χ3v) is 5.32. The maximum atomic E-state index is 12.2. The monoisotopic (exact) mass is 396 g/mol. The van der Waals surface area contributed by atoms with Gasteiger partial charge in [-0.25, -0.2) is 4.98 Å². The van der Waals surface area contributed by atoms with E-state index in [1.165, 1.54) is 6.08 Å². The second kappa shape index (κ2) is 9.39. The number of carbonyl (C=O) groups is 1. The second-order valence-electron chi connectivity index (χ2n) is 5.74. The first kappa shape index (κ1) is 19.2. The molecule has 1 amide bonds. The first-order chi connectivity index (χ1) is 13.1. The Kier molecular flexibility index (Phi) is 6.68. The summed E-state index contributed by atoms with van der Waals surface area (Å²) in [5.74, 6) is 0.580. The van der Waals surface area contributed by atoms with E-state index in [9.17, 15) is 4.79 Å². The zero-order valence-corrected chi connectivity index (χ0v) is 16.8. The van der Waals surface area contributed by atoms with Crippen molar-refractivity contribution in [1.82, 2.24) is 4.98 Å². The molecule has 0 fully saturated rings. The van der Waals surface area contributed by atoms with E-state index in [0.717, 1.165) is 32.6 Å². The van der Waals surface area contributed by atoms with E-state index in [0.29, 0.717) is 6.61 Å². The van der Waals surface area contributed by atoms with Crippen molar-refractivity contribution < 1.29 is 9.53 Å². The molecule has 0 saturated heterocycles. The van der Waals surface area contributed by atoms with E-state index < -0.39 is 0 Å². The molecule has 4 nitrogen and oxygen atoms in total. The number of thioether (sulfide) groups is 1. The lowest BCUT2D eigenvalue weighted by Gasteiger charge is -2.07. The normalized spacial score (nSPS) is 10.9. The van der Waals surface area contributed by atoms with Gasteiger partial charge in [0.05, 0.1) is 16.4 Å². The maximum Gasteiger partial charge on any atom is 0.248 e. The molecule has 1 heterocycles.